The molecule has 1 aliphatic heterocycles. The smallest absolute Gasteiger partial charge is 0.319 e. The first kappa shape index (κ1) is 18.0. The fourth-order valence-electron chi connectivity index (χ4n) is 4.21. The van der Waals surface area contributed by atoms with Gasteiger partial charge in [0.2, 0.25) is 0 Å². The van der Waals surface area contributed by atoms with Crippen LogP contribution in [0.3, 0.4) is 0 Å². The molecule has 27 heavy (non-hydrogen) atoms. The molecule has 0 atom stereocenters. The molecule has 3 aromatic carbocycles. The Hall–Kier alpha value is -2.36. The van der Waals surface area contributed by atoms with Crippen molar-refractivity contribution in [1.82, 2.24) is 5.32 Å². The molecular formula is C24H27NOSi. The molecule has 0 radical (unpaired) electrons. The number of hydrogen-bond donors (Lipinski definition) is 1. The van der Waals surface area contributed by atoms with Crippen molar-refractivity contribution in [3.8, 4) is 5.75 Å². The molecule has 0 saturated carbocycles. The van der Waals surface area contributed by atoms with E-state index >= 15 is 0 Å². The van der Waals surface area contributed by atoms with Crippen LogP contribution in [-0.4, -0.2) is 8.32 Å². The van der Waals surface area contributed by atoms with Crippen molar-refractivity contribution in [1.29, 1.82) is 0 Å². The van der Waals surface area contributed by atoms with Gasteiger partial charge in [0, 0.05) is 18.7 Å². The maximum absolute atomic E-state index is 7.18. The second kappa shape index (κ2) is 6.99. The van der Waals surface area contributed by atoms with Gasteiger partial charge in [-0.2, -0.15) is 0 Å². The minimum atomic E-state index is -2.56. The quantitative estimate of drug-likeness (QED) is 0.691. The molecule has 0 bridgehead atoms. The van der Waals surface area contributed by atoms with Gasteiger partial charge in [0.05, 0.1) is 0 Å². The van der Waals surface area contributed by atoms with Crippen LogP contribution >= 0.6 is 0 Å². The van der Waals surface area contributed by atoms with E-state index < -0.39 is 8.32 Å². The lowest BCUT2D eigenvalue weighted by Gasteiger charge is -2.43. The van der Waals surface area contributed by atoms with E-state index in [-0.39, 0.29) is 5.04 Å². The standard InChI is InChI=1S/C24H27NOSi/c1-24(2,3)27(20-12-6-4-7-13-20,21-14-8-5-9-15-21)26-23-16-10-11-19-17-25-18-22(19)23/h4-16,25H,17-18H2,1-3H3. The van der Waals surface area contributed by atoms with Gasteiger partial charge < -0.3 is 9.74 Å². The third-order valence-corrected chi connectivity index (χ3v) is 10.5. The number of hydrogen-bond acceptors (Lipinski definition) is 2. The molecule has 138 valence electrons. The van der Waals surface area contributed by atoms with Crippen LogP contribution in [0.2, 0.25) is 5.04 Å². The molecule has 1 aliphatic rings. The van der Waals surface area contributed by atoms with E-state index in [2.05, 4.69) is 105 Å². The Kier molecular flexibility index (Phi) is 4.66. The van der Waals surface area contributed by atoms with Crippen molar-refractivity contribution < 1.29 is 4.43 Å². The maximum Gasteiger partial charge on any atom is 0.319 e. The van der Waals surface area contributed by atoms with Crippen LogP contribution in [-0.2, 0) is 13.1 Å². The van der Waals surface area contributed by atoms with Crippen LogP contribution in [0.5, 0.6) is 5.75 Å². The van der Waals surface area contributed by atoms with E-state index in [1.807, 2.05) is 0 Å². The van der Waals surface area contributed by atoms with Gasteiger partial charge in [0.15, 0.2) is 0 Å². The zero-order valence-electron chi connectivity index (χ0n) is 16.3. The minimum absolute atomic E-state index is 0.0233. The third kappa shape index (κ3) is 3.11. The molecule has 1 heterocycles. The molecule has 0 saturated heterocycles. The molecule has 0 aliphatic carbocycles. The van der Waals surface area contributed by atoms with E-state index in [0.717, 1.165) is 18.8 Å². The van der Waals surface area contributed by atoms with E-state index in [4.69, 9.17) is 4.43 Å². The summed E-state index contributed by atoms with van der Waals surface area (Å²) < 4.78 is 7.18. The van der Waals surface area contributed by atoms with Gasteiger partial charge in [-0.05, 0) is 27.0 Å². The maximum atomic E-state index is 7.18. The van der Waals surface area contributed by atoms with Crippen LogP contribution in [0.25, 0.3) is 0 Å². The molecule has 0 amide bonds. The Bertz CT molecular complexity index is 877. The van der Waals surface area contributed by atoms with E-state index in [9.17, 15) is 0 Å². The van der Waals surface area contributed by atoms with Gasteiger partial charge in [-0.25, -0.2) is 0 Å². The van der Waals surface area contributed by atoms with Crippen molar-refractivity contribution in [2.75, 3.05) is 0 Å². The number of rotatable bonds is 4. The van der Waals surface area contributed by atoms with Crippen LogP contribution in [0.1, 0.15) is 31.9 Å². The van der Waals surface area contributed by atoms with E-state index in [1.54, 1.807) is 0 Å². The lowest BCUT2D eigenvalue weighted by atomic mass is 10.1. The summed E-state index contributed by atoms with van der Waals surface area (Å²) in [4.78, 5) is 0. The van der Waals surface area contributed by atoms with Gasteiger partial charge in [-0.15, -0.1) is 0 Å². The number of benzene rings is 3. The van der Waals surface area contributed by atoms with Gasteiger partial charge in [-0.3, -0.25) is 0 Å². The molecule has 0 spiro atoms. The summed E-state index contributed by atoms with van der Waals surface area (Å²) in [5.41, 5.74) is 2.66. The molecule has 0 unspecified atom stereocenters. The zero-order chi connectivity index (χ0) is 18.9. The highest BCUT2D eigenvalue weighted by Gasteiger charge is 2.52. The molecule has 3 heteroatoms. The minimum Gasteiger partial charge on any atom is -0.534 e. The largest absolute Gasteiger partial charge is 0.534 e. The van der Waals surface area contributed by atoms with E-state index in [1.165, 1.54) is 21.5 Å². The summed E-state index contributed by atoms with van der Waals surface area (Å²) >= 11 is 0. The topological polar surface area (TPSA) is 21.3 Å². The highest BCUT2D eigenvalue weighted by Crippen LogP contribution is 2.39. The summed E-state index contributed by atoms with van der Waals surface area (Å²) in [6.45, 7) is 8.76. The fourth-order valence-corrected chi connectivity index (χ4v) is 8.66. The van der Waals surface area contributed by atoms with Crippen LogP contribution in [0.15, 0.2) is 78.9 Å². The fraction of sp³-hybridized carbons (Fsp3) is 0.250. The second-order valence-electron chi connectivity index (χ2n) is 8.26. The molecule has 4 rings (SSSR count). The normalized spacial score (nSPS) is 14.0. The second-order valence-corrected chi connectivity index (χ2v) is 12.5. The molecule has 0 aromatic heterocycles. The summed E-state index contributed by atoms with van der Waals surface area (Å²) in [5, 5.41) is 6.07. The van der Waals surface area contributed by atoms with Crippen LogP contribution in [0, 0.1) is 0 Å². The monoisotopic (exact) mass is 373 g/mol. The Morgan fingerprint density at radius 3 is 1.89 bits per heavy atom. The SMILES string of the molecule is CC(C)(C)[Si](Oc1cccc2c1CNC2)(c1ccccc1)c1ccccc1. The average Bonchev–Trinajstić information content (AvgIpc) is 3.16. The Balaban J connectivity index is 1.95. The predicted octanol–water partition coefficient (Wildman–Crippen LogP) is 4.23. The van der Waals surface area contributed by atoms with Gasteiger partial charge in [0.25, 0.3) is 0 Å². The van der Waals surface area contributed by atoms with Crippen LogP contribution < -0.4 is 20.1 Å². The highest BCUT2D eigenvalue weighted by molar-refractivity contribution is 7.00. The predicted molar refractivity (Wildman–Crippen MR) is 115 cm³/mol. The highest BCUT2D eigenvalue weighted by atomic mass is 28.4. The van der Waals surface area contributed by atoms with Gasteiger partial charge in [-0.1, -0.05) is 93.6 Å². The van der Waals surface area contributed by atoms with Crippen molar-refractivity contribution >= 4 is 18.7 Å². The molecule has 2 nitrogen and oxygen atoms in total. The van der Waals surface area contributed by atoms with Crippen molar-refractivity contribution in [3.05, 3.63) is 90.0 Å². The van der Waals surface area contributed by atoms with Crippen molar-refractivity contribution in [2.45, 2.75) is 38.9 Å². The first-order chi connectivity index (χ1) is 13.0. The molecular weight excluding hydrogens is 346 g/mol. The number of fused-ring (bicyclic) bond motifs is 1. The molecule has 1 N–H and O–H groups in total. The Morgan fingerprint density at radius 2 is 1.33 bits per heavy atom. The Labute approximate surface area is 163 Å². The van der Waals surface area contributed by atoms with Crippen molar-refractivity contribution in [2.24, 2.45) is 0 Å². The Morgan fingerprint density at radius 1 is 0.741 bits per heavy atom. The van der Waals surface area contributed by atoms with Gasteiger partial charge in [0.1, 0.15) is 5.75 Å². The lowest BCUT2D eigenvalue weighted by molar-refractivity contribution is 0.502. The zero-order valence-corrected chi connectivity index (χ0v) is 17.3. The molecule has 3 aromatic rings. The van der Waals surface area contributed by atoms with E-state index in [0.29, 0.717) is 0 Å². The third-order valence-electron chi connectivity index (χ3n) is 5.53. The van der Waals surface area contributed by atoms with Gasteiger partial charge >= 0.3 is 8.32 Å². The summed E-state index contributed by atoms with van der Waals surface area (Å²) in [6.07, 6.45) is 0. The van der Waals surface area contributed by atoms with Crippen molar-refractivity contribution in [3.63, 3.8) is 0 Å². The number of nitrogens with one attached hydrogen (secondary N) is 1. The summed E-state index contributed by atoms with van der Waals surface area (Å²) in [6, 6.07) is 28.1. The lowest BCUT2D eigenvalue weighted by Crippen LogP contribution is -2.68. The molecule has 0 fully saturated rings. The van der Waals surface area contributed by atoms with Crippen LogP contribution in [0.4, 0.5) is 0 Å². The average molecular weight is 374 g/mol. The summed E-state index contributed by atoms with van der Waals surface area (Å²) in [7, 11) is -2.56. The first-order valence-electron chi connectivity index (χ1n) is 9.64. The summed E-state index contributed by atoms with van der Waals surface area (Å²) in [5.74, 6) is 1.03. The first-order valence-corrected chi connectivity index (χ1v) is 11.5.